The van der Waals surface area contributed by atoms with Gasteiger partial charge in [0, 0.05) is 19.2 Å². The Balaban J connectivity index is 1.94. The van der Waals surface area contributed by atoms with E-state index in [-0.39, 0.29) is 6.04 Å². The van der Waals surface area contributed by atoms with Crippen LogP contribution in [0, 0.1) is 0 Å². The second-order valence-electron chi connectivity index (χ2n) is 6.21. The summed E-state index contributed by atoms with van der Waals surface area (Å²) >= 11 is 0. The van der Waals surface area contributed by atoms with Gasteiger partial charge in [0.2, 0.25) is 0 Å². The van der Waals surface area contributed by atoms with Gasteiger partial charge in [-0.25, -0.2) is 0 Å². The third-order valence-electron chi connectivity index (χ3n) is 4.66. The van der Waals surface area contributed by atoms with Crippen LogP contribution in [0.25, 0.3) is 0 Å². The van der Waals surface area contributed by atoms with E-state index in [4.69, 9.17) is 10.5 Å². The fourth-order valence-corrected chi connectivity index (χ4v) is 3.55. The zero-order valence-corrected chi connectivity index (χ0v) is 12.4. The highest BCUT2D eigenvalue weighted by molar-refractivity contribution is 5.31. The Morgan fingerprint density at radius 3 is 2.75 bits per heavy atom. The lowest BCUT2D eigenvalue weighted by Gasteiger charge is -2.35. The van der Waals surface area contributed by atoms with Crippen LogP contribution in [-0.4, -0.2) is 30.6 Å². The molecule has 20 heavy (non-hydrogen) atoms. The molecule has 3 rings (SSSR count). The average molecular weight is 274 g/mol. The molecule has 1 saturated carbocycles. The van der Waals surface area contributed by atoms with Gasteiger partial charge in [-0.1, -0.05) is 30.7 Å². The Kier molecular flexibility index (Phi) is 4.39. The first-order chi connectivity index (χ1) is 9.81. The average Bonchev–Trinajstić information content (AvgIpc) is 3.27. The van der Waals surface area contributed by atoms with Crippen molar-refractivity contribution in [1.29, 1.82) is 0 Å². The third kappa shape index (κ3) is 2.90. The van der Waals surface area contributed by atoms with Crippen molar-refractivity contribution in [3.8, 4) is 0 Å². The monoisotopic (exact) mass is 274 g/mol. The SMILES string of the molecule is COCc1ccccc1C1C(N)CCCCN1C1CC1. The van der Waals surface area contributed by atoms with Gasteiger partial charge in [-0.3, -0.25) is 4.90 Å². The first-order valence-corrected chi connectivity index (χ1v) is 7.89. The van der Waals surface area contributed by atoms with Gasteiger partial charge in [0.15, 0.2) is 0 Å². The van der Waals surface area contributed by atoms with E-state index in [1.165, 1.54) is 43.4 Å². The second kappa shape index (κ2) is 6.25. The van der Waals surface area contributed by atoms with E-state index in [9.17, 15) is 0 Å². The Morgan fingerprint density at radius 1 is 1.20 bits per heavy atom. The van der Waals surface area contributed by atoms with Crippen molar-refractivity contribution < 1.29 is 4.74 Å². The molecule has 110 valence electrons. The molecular formula is C17H26N2O. The summed E-state index contributed by atoms with van der Waals surface area (Å²) in [6, 6.07) is 10.0. The Hall–Kier alpha value is -0.900. The van der Waals surface area contributed by atoms with Crippen molar-refractivity contribution >= 4 is 0 Å². The number of methoxy groups -OCH3 is 1. The zero-order valence-electron chi connectivity index (χ0n) is 12.4. The van der Waals surface area contributed by atoms with E-state index in [0.29, 0.717) is 12.6 Å². The first kappa shape index (κ1) is 14.1. The highest BCUT2D eigenvalue weighted by Gasteiger charge is 2.38. The van der Waals surface area contributed by atoms with Crippen molar-refractivity contribution in [2.24, 2.45) is 5.73 Å². The van der Waals surface area contributed by atoms with Gasteiger partial charge in [-0.15, -0.1) is 0 Å². The number of rotatable bonds is 4. The molecular weight excluding hydrogens is 248 g/mol. The quantitative estimate of drug-likeness (QED) is 0.917. The molecule has 1 aromatic carbocycles. The second-order valence-corrected chi connectivity index (χ2v) is 6.21. The minimum absolute atomic E-state index is 0.246. The number of hydrogen-bond acceptors (Lipinski definition) is 3. The highest BCUT2D eigenvalue weighted by atomic mass is 16.5. The standard InChI is InChI=1S/C17H26N2O/c1-20-12-13-6-2-3-7-15(13)17-16(18)8-4-5-11-19(17)14-9-10-14/h2-3,6-7,14,16-17H,4-5,8-12,18H2,1H3. The lowest BCUT2D eigenvalue weighted by Crippen LogP contribution is -2.41. The maximum atomic E-state index is 6.55. The topological polar surface area (TPSA) is 38.5 Å². The smallest absolute Gasteiger partial charge is 0.0716 e. The molecule has 0 radical (unpaired) electrons. The van der Waals surface area contributed by atoms with E-state index in [2.05, 4.69) is 29.2 Å². The molecule has 2 fully saturated rings. The summed E-state index contributed by atoms with van der Waals surface area (Å²) in [7, 11) is 1.77. The lowest BCUT2D eigenvalue weighted by molar-refractivity contribution is 0.162. The number of nitrogens with two attached hydrogens (primary N) is 1. The normalized spacial score (nSPS) is 28.3. The van der Waals surface area contributed by atoms with Crippen molar-refractivity contribution in [2.75, 3.05) is 13.7 Å². The molecule has 2 unspecified atom stereocenters. The molecule has 1 heterocycles. The molecule has 0 bridgehead atoms. The van der Waals surface area contributed by atoms with E-state index in [0.717, 1.165) is 12.5 Å². The van der Waals surface area contributed by atoms with Crippen LogP contribution in [-0.2, 0) is 11.3 Å². The van der Waals surface area contributed by atoms with Gasteiger partial charge in [0.05, 0.1) is 12.6 Å². The minimum Gasteiger partial charge on any atom is -0.380 e. The summed E-state index contributed by atoms with van der Waals surface area (Å²) in [6.07, 6.45) is 6.36. The molecule has 3 nitrogen and oxygen atoms in total. The summed E-state index contributed by atoms with van der Waals surface area (Å²) in [5.74, 6) is 0. The van der Waals surface area contributed by atoms with Gasteiger partial charge in [0.1, 0.15) is 0 Å². The summed E-state index contributed by atoms with van der Waals surface area (Å²) in [6.45, 7) is 1.88. The number of benzene rings is 1. The Labute approximate surface area is 122 Å². The van der Waals surface area contributed by atoms with Crippen LogP contribution in [0.3, 0.4) is 0 Å². The van der Waals surface area contributed by atoms with Gasteiger partial charge in [-0.2, -0.15) is 0 Å². The first-order valence-electron chi connectivity index (χ1n) is 7.89. The molecule has 1 aliphatic heterocycles. The summed E-state index contributed by atoms with van der Waals surface area (Å²) in [4.78, 5) is 2.67. The number of likely N-dealkylation sites (tertiary alicyclic amines) is 1. The molecule has 1 aromatic rings. The largest absolute Gasteiger partial charge is 0.380 e. The van der Waals surface area contributed by atoms with E-state index >= 15 is 0 Å². The predicted octanol–water partition coefficient (Wildman–Crippen LogP) is 2.85. The van der Waals surface area contributed by atoms with Crippen LogP contribution < -0.4 is 5.73 Å². The highest BCUT2D eigenvalue weighted by Crippen LogP contribution is 2.39. The molecule has 0 aromatic heterocycles. The molecule has 2 atom stereocenters. The van der Waals surface area contributed by atoms with Crippen molar-refractivity contribution in [2.45, 2.75) is 56.8 Å². The van der Waals surface area contributed by atoms with Gasteiger partial charge in [0.25, 0.3) is 0 Å². The van der Waals surface area contributed by atoms with Crippen molar-refractivity contribution in [3.05, 3.63) is 35.4 Å². The fraction of sp³-hybridized carbons (Fsp3) is 0.647. The predicted molar refractivity (Wildman–Crippen MR) is 81.5 cm³/mol. The molecule has 2 aliphatic rings. The van der Waals surface area contributed by atoms with E-state index in [1.807, 2.05) is 0 Å². The molecule has 3 heteroatoms. The Morgan fingerprint density at radius 2 is 2.00 bits per heavy atom. The maximum absolute atomic E-state index is 6.55. The zero-order chi connectivity index (χ0) is 13.9. The Bertz CT molecular complexity index is 444. The maximum Gasteiger partial charge on any atom is 0.0716 e. The van der Waals surface area contributed by atoms with Crippen LogP contribution in [0.2, 0.25) is 0 Å². The van der Waals surface area contributed by atoms with Crippen molar-refractivity contribution in [1.82, 2.24) is 4.90 Å². The summed E-state index contributed by atoms with van der Waals surface area (Å²) < 4.78 is 5.38. The molecule has 1 aliphatic carbocycles. The van der Waals surface area contributed by atoms with E-state index in [1.54, 1.807) is 7.11 Å². The van der Waals surface area contributed by atoms with Gasteiger partial charge >= 0.3 is 0 Å². The van der Waals surface area contributed by atoms with Crippen LogP contribution in [0.1, 0.15) is 49.3 Å². The van der Waals surface area contributed by atoms with Gasteiger partial charge < -0.3 is 10.5 Å². The lowest BCUT2D eigenvalue weighted by atomic mass is 9.92. The minimum atomic E-state index is 0.246. The van der Waals surface area contributed by atoms with Crippen LogP contribution in [0.4, 0.5) is 0 Å². The third-order valence-corrected chi connectivity index (χ3v) is 4.66. The van der Waals surface area contributed by atoms with Crippen LogP contribution in [0.5, 0.6) is 0 Å². The molecule has 0 spiro atoms. The van der Waals surface area contributed by atoms with Crippen LogP contribution >= 0.6 is 0 Å². The van der Waals surface area contributed by atoms with Crippen molar-refractivity contribution in [3.63, 3.8) is 0 Å². The summed E-state index contributed by atoms with van der Waals surface area (Å²) in [5, 5.41) is 0. The molecule has 0 amide bonds. The van der Waals surface area contributed by atoms with Crippen LogP contribution in [0.15, 0.2) is 24.3 Å². The number of ether oxygens (including phenoxy) is 1. The van der Waals surface area contributed by atoms with E-state index < -0.39 is 0 Å². The fourth-order valence-electron chi connectivity index (χ4n) is 3.55. The number of nitrogens with zero attached hydrogens (tertiary/aromatic N) is 1. The molecule has 1 saturated heterocycles. The summed E-state index contributed by atoms with van der Waals surface area (Å²) in [5.41, 5.74) is 9.23. The van der Waals surface area contributed by atoms with Gasteiger partial charge in [-0.05, 0) is 43.4 Å². The number of hydrogen-bond donors (Lipinski definition) is 1. The molecule has 2 N–H and O–H groups in total.